The molecule has 1 aromatic rings. The number of amides is 1. The lowest BCUT2D eigenvalue weighted by molar-refractivity contribution is 0.0949. The highest BCUT2D eigenvalue weighted by molar-refractivity contribution is 5.92. The molecule has 3 N–H and O–H groups in total. The maximum atomic E-state index is 11.4. The van der Waals surface area contributed by atoms with Crippen molar-refractivity contribution in [2.45, 2.75) is 0 Å². The second-order valence-electron chi connectivity index (χ2n) is 2.63. The summed E-state index contributed by atoms with van der Waals surface area (Å²) in [5.41, 5.74) is 5.58. The number of nitrogens with one attached hydrogen (secondary N) is 1. The third-order valence-corrected chi connectivity index (χ3v) is 1.63. The Morgan fingerprint density at radius 2 is 2.25 bits per heavy atom. The van der Waals surface area contributed by atoms with Crippen molar-refractivity contribution in [1.29, 1.82) is 0 Å². The zero-order chi connectivity index (χ0) is 10.4. The summed E-state index contributed by atoms with van der Waals surface area (Å²) in [4.78, 5) is 15.3. The molecule has 0 saturated carbocycles. The number of rotatable bonds is 4. The highest BCUT2D eigenvalue weighted by atomic mass is 35.5. The van der Waals surface area contributed by atoms with E-state index in [1.54, 1.807) is 12.1 Å². The first-order chi connectivity index (χ1) is 6.77. The lowest BCUT2D eigenvalue weighted by Gasteiger charge is -2.04. The highest BCUT2D eigenvalue weighted by Gasteiger charge is 2.06. The molecule has 7 heteroatoms. The van der Waals surface area contributed by atoms with Crippen molar-refractivity contribution in [3.63, 3.8) is 0 Å². The van der Waals surface area contributed by atoms with Crippen LogP contribution in [-0.4, -0.2) is 31.1 Å². The lowest BCUT2D eigenvalue weighted by Crippen LogP contribution is -2.29. The first-order valence-electron chi connectivity index (χ1n) is 4.26. The molecular weight excluding hydrogens is 253 g/mol. The van der Waals surface area contributed by atoms with Crippen molar-refractivity contribution in [3.8, 4) is 5.75 Å². The highest BCUT2D eigenvalue weighted by Crippen LogP contribution is 2.09. The number of carbonyl (C=O) groups is 1. The van der Waals surface area contributed by atoms with E-state index in [1.165, 1.54) is 13.3 Å². The monoisotopic (exact) mass is 267 g/mol. The van der Waals surface area contributed by atoms with E-state index in [2.05, 4.69) is 10.3 Å². The smallest absolute Gasteiger partial charge is 0.270 e. The molecule has 1 rings (SSSR count). The van der Waals surface area contributed by atoms with Gasteiger partial charge in [-0.15, -0.1) is 24.8 Å². The van der Waals surface area contributed by atoms with Gasteiger partial charge in [-0.2, -0.15) is 0 Å². The molecule has 1 heterocycles. The number of hydrogen-bond donors (Lipinski definition) is 2. The Hall–Kier alpha value is -1.04. The van der Waals surface area contributed by atoms with E-state index >= 15 is 0 Å². The quantitative estimate of drug-likeness (QED) is 0.839. The van der Waals surface area contributed by atoms with Crippen molar-refractivity contribution >= 4 is 30.7 Å². The van der Waals surface area contributed by atoms with Crippen LogP contribution >= 0.6 is 24.8 Å². The van der Waals surface area contributed by atoms with Gasteiger partial charge >= 0.3 is 0 Å². The largest absolute Gasteiger partial charge is 0.497 e. The maximum absolute atomic E-state index is 11.4. The van der Waals surface area contributed by atoms with E-state index in [4.69, 9.17) is 10.5 Å². The number of hydrogen-bond acceptors (Lipinski definition) is 4. The van der Waals surface area contributed by atoms with Crippen LogP contribution < -0.4 is 15.8 Å². The summed E-state index contributed by atoms with van der Waals surface area (Å²) in [5.74, 6) is 0.368. The van der Waals surface area contributed by atoms with Gasteiger partial charge in [-0.1, -0.05) is 0 Å². The number of aromatic nitrogens is 1. The van der Waals surface area contributed by atoms with Crippen LogP contribution in [0.3, 0.4) is 0 Å². The molecule has 0 spiro atoms. The van der Waals surface area contributed by atoms with Crippen LogP contribution in [0.4, 0.5) is 0 Å². The number of pyridine rings is 1. The summed E-state index contributed by atoms with van der Waals surface area (Å²) in [7, 11) is 1.54. The topological polar surface area (TPSA) is 77.2 Å². The first-order valence-corrected chi connectivity index (χ1v) is 4.26. The standard InChI is InChI=1S/C9H13N3O2.2ClH/c1-14-7-2-4-11-8(6-7)9(13)12-5-3-10;;/h2,4,6H,3,5,10H2,1H3,(H,12,13);2*1H. The van der Waals surface area contributed by atoms with Crippen LogP contribution in [0.5, 0.6) is 5.75 Å². The molecule has 92 valence electrons. The number of halogens is 2. The van der Waals surface area contributed by atoms with Gasteiger partial charge in [-0.25, -0.2) is 0 Å². The van der Waals surface area contributed by atoms with Gasteiger partial charge in [0.2, 0.25) is 0 Å². The molecule has 0 aromatic carbocycles. The Morgan fingerprint density at radius 1 is 1.56 bits per heavy atom. The minimum atomic E-state index is -0.241. The van der Waals surface area contributed by atoms with Crippen molar-refractivity contribution in [1.82, 2.24) is 10.3 Å². The van der Waals surface area contributed by atoms with Crippen LogP contribution in [0.25, 0.3) is 0 Å². The summed E-state index contributed by atoms with van der Waals surface area (Å²) in [6.45, 7) is 0.855. The van der Waals surface area contributed by atoms with Gasteiger partial charge in [-0.3, -0.25) is 9.78 Å². The zero-order valence-corrected chi connectivity index (χ0v) is 10.4. The predicted octanol–water partition coefficient (Wildman–Crippen LogP) is 0.622. The van der Waals surface area contributed by atoms with E-state index in [-0.39, 0.29) is 30.7 Å². The fourth-order valence-corrected chi connectivity index (χ4v) is 0.939. The molecule has 0 aliphatic heterocycles. The van der Waals surface area contributed by atoms with E-state index in [9.17, 15) is 4.79 Å². The van der Waals surface area contributed by atoms with Crippen molar-refractivity contribution in [3.05, 3.63) is 24.0 Å². The molecule has 16 heavy (non-hydrogen) atoms. The van der Waals surface area contributed by atoms with Crippen LogP contribution in [0.1, 0.15) is 10.5 Å². The first kappa shape index (κ1) is 17.4. The fourth-order valence-electron chi connectivity index (χ4n) is 0.939. The molecule has 0 fully saturated rings. The van der Waals surface area contributed by atoms with E-state index in [0.717, 1.165) is 0 Å². The van der Waals surface area contributed by atoms with Gasteiger partial charge in [0.05, 0.1) is 7.11 Å². The Labute approximate surface area is 107 Å². The summed E-state index contributed by atoms with van der Waals surface area (Å²) in [6.07, 6.45) is 1.52. The lowest BCUT2D eigenvalue weighted by atomic mass is 10.3. The van der Waals surface area contributed by atoms with Gasteiger partial charge in [0.15, 0.2) is 0 Å². The van der Waals surface area contributed by atoms with Crippen molar-refractivity contribution in [2.75, 3.05) is 20.2 Å². The fraction of sp³-hybridized carbons (Fsp3) is 0.333. The number of nitrogens with zero attached hydrogens (tertiary/aromatic N) is 1. The third-order valence-electron chi connectivity index (χ3n) is 1.63. The number of nitrogens with two attached hydrogens (primary N) is 1. The molecule has 1 aromatic heterocycles. The molecule has 1 amide bonds. The normalized spacial score (nSPS) is 8.38. The van der Waals surface area contributed by atoms with Gasteiger partial charge in [-0.05, 0) is 6.07 Å². The number of methoxy groups -OCH3 is 1. The second kappa shape index (κ2) is 9.21. The minimum Gasteiger partial charge on any atom is -0.497 e. The van der Waals surface area contributed by atoms with Crippen molar-refractivity contribution in [2.24, 2.45) is 5.73 Å². The Balaban J connectivity index is 0. The maximum Gasteiger partial charge on any atom is 0.270 e. The summed E-state index contributed by atoms with van der Waals surface area (Å²) in [5, 5.41) is 2.62. The Kier molecular flexibility index (Phi) is 9.99. The van der Waals surface area contributed by atoms with Gasteiger partial charge in [0.25, 0.3) is 5.91 Å². The molecule has 0 aliphatic rings. The number of ether oxygens (including phenoxy) is 1. The minimum absolute atomic E-state index is 0. The van der Waals surface area contributed by atoms with Gasteiger partial charge in [0.1, 0.15) is 11.4 Å². The Bertz CT molecular complexity index is 323. The van der Waals surface area contributed by atoms with Crippen LogP contribution in [-0.2, 0) is 0 Å². The number of carbonyl (C=O) groups excluding carboxylic acids is 1. The molecular formula is C9H15Cl2N3O2. The van der Waals surface area contributed by atoms with Crippen LogP contribution in [0.15, 0.2) is 18.3 Å². The second-order valence-corrected chi connectivity index (χ2v) is 2.63. The SMILES string of the molecule is COc1ccnc(C(=O)NCCN)c1.Cl.Cl. The van der Waals surface area contributed by atoms with Crippen LogP contribution in [0, 0.1) is 0 Å². The average Bonchev–Trinajstić information content (AvgIpc) is 2.26. The van der Waals surface area contributed by atoms with Gasteiger partial charge in [0, 0.05) is 25.4 Å². The van der Waals surface area contributed by atoms with E-state index < -0.39 is 0 Å². The molecule has 0 saturated heterocycles. The molecule has 0 atom stereocenters. The van der Waals surface area contributed by atoms with E-state index in [1.807, 2.05) is 0 Å². The van der Waals surface area contributed by atoms with E-state index in [0.29, 0.717) is 24.5 Å². The molecule has 0 radical (unpaired) electrons. The Morgan fingerprint density at radius 3 is 2.81 bits per heavy atom. The molecule has 0 unspecified atom stereocenters. The average molecular weight is 268 g/mol. The summed E-state index contributed by atoms with van der Waals surface area (Å²) in [6, 6.07) is 3.26. The molecule has 0 aliphatic carbocycles. The van der Waals surface area contributed by atoms with Crippen molar-refractivity contribution < 1.29 is 9.53 Å². The molecule has 5 nitrogen and oxygen atoms in total. The molecule has 0 bridgehead atoms. The third kappa shape index (κ3) is 5.16. The van der Waals surface area contributed by atoms with Crippen LogP contribution in [0.2, 0.25) is 0 Å². The zero-order valence-electron chi connectivity index (χ0n) is 8.80. The predicted molar refractivity (Wildman–Crippen MR) is 66.7 cm³/mol. The van der Waals surface area contributed by atoms with Gasteiger partial charge < -0.3 is 15.8 Å². The summed E-state index contributed by atoms with van der Waals surface area (Å²) < 4.78 is 4.96. The summed E-state index contributed by atoms with van der Waals surface area (Å²) >= 11 is 0.